The number of alkyl halides is 3. The van der Waals surface area contributed by atoms with Gasteiger partial charge in [0.05, 0.1) is 23.8 Å². The number of nitrogens with zero attached hydrogens (tertiary/aromatic N) is 4. The van der Waals surface area contributed by atoms with Gasteiger partial charge in [-0.15, -0.1) is 0 Å². The molecule has 9 heteroatoms. The largest absolute Gasteiger partial charge is 0.417 e. The predicted molar refractivity (Wildman–Crippen MR) is 111 cm³/mol. The fourth-order valence-electron chi connectivity index (χ4n) is 4.99. The lowest BCUT2D eigenvalue weighted by Gasteiger charge is -2.43. The van der Waals surface area contributed by atoms with Gasteiger partial charge in [-0.05, 0) is 42.7 Å². The van der Waals surface area contributed by atoms with Crippen LogP contribution < -0.4 is 4.90 Å². The van der Waals surface area contributed by atoms with Crippen LogP contribution in [0, 0.1) is 22.7 Å². The predicted octanol–water partition coefficient (Wildman–Crippen LogP) is 3.59. The number of amides is 1. The number of pyridine rings is 1. The molecule has 168 valence electrons. The number of methoxy groups -OCH3 is 1. The number of halogens is 3. The van der Waals surface area contributed by atoms with E-state index in [1.54, 1.807) is 48.7 Å². The molecule has 2 aliphatic heterocycles. The number of hydrogen-bond donors (Lipinski definition) is 0. The van der Waals surface area contributed by atoms with Crippen molar-refractivity contribution in [3.8, 4) is 6.07 Å². The second-order valence-electron chi connectivity index (χ2n) is 8.46. The third kappa shape index (κ3) is 4.02. The van der Waals surface area contributed by atoms with Crippen LogP contribution in [-0.4, -0.2) is 55.7 Å². The number of aromatic nitrogens is 1. The van der Waals surface area contributed by atoms with E-state index in [1.807, 2.05) is 4.90 Å². The zero-order chi connectivity index (χ0) is 22.9. The average molecular weight is 444 g/mol. The van der Waals surface area contributed by atoms with E-state index < -0.39 is 17.3 Å². The first kappa shape index (κ1) is 22.1. The fourth-order valence-corrected chi connectivity index (χ4v) is 4.99. The molecule has 1 aromatic heterocycles. The molecule has 2 aliphatic rings. The van der Waals surface area contributed by atoms with E-state index in [0.29, 0.717) is 44.0 Å². The van der Waals surface area contributed by atoms with Crippen LogP contribution in [0.5, 0.6) is 0 Å². The van der Waals surface area contributed by atoms with Crippen molar-refractivity contribution >= 4 is 11.6 Å². The number of anilines is 1. The Morgan fingerprint density at radius 3 is 2.69 bits per heavy atom. The topological polar surface area (TPSA) is 69.5 Å². The SMILES string of the molecule is COCC12CN(C(=O)c3ccncc3)CCC1CN(c1ccc(C#N)c(C(F)(F)F)c1)C2. The van der Waals surface area contributed by atoms with Gasteiger partial charge in [0.1, 0.15) is 0 Å². The summed E-state index contributed by atoms with van der Waals surface area (Å²) in [5, 5.41) is 9.07. The van der Waals surface area contributed by atoms with Crippen molar-refractivity contribution in [2.75, 3.05) is 44.8 Å². The van der Waals surface area contributed by atoms with Crippen LogP contribution in [0.4, 0.5) is 18.9 Å². The van der Waals surface area contributed by atoms with E-state index in [0.717, 1.165) is 12.5 Å². The minimum absolute atomic E-state index is 0.0856. The molecule has 0 spiro atoms. The van der Waals surface area contributed by atoms with Crippen molar-refractivity contribution in [3.05, 3.63) is 59.4 Å². The lowest BCUT2D eigenvalue weighted by atomic mass is 9.74. The maximum atomic E-state index is 13.5. The minimum atomic E-state index is -4.61. The highest BCUT2D eigenvalue weighted by Crippen LogP contribution is 2.45. The number of piperidine rings is 1. The normalized spacial score (nSPS) is 23.0. The van der Waals surface area contributed by atoms with Crippen LogP contribution in [-0.2, 0) is 10.9 Å². The van der Waals surface area contributed by atoms with Gasteiger partial charge in [-0.1, -0.05) is 0 Å². The van der Waals surface area contributed by atoms with E-state index in [-0.39, 0.29) is 17.2 Å². The Hall–Kier alpha value is -3.12. The molecule has 2 saturated heterocycles. The van der Waals surface area contributed by atoms with Gasteiger partial charge >= 0.3 is 6.18 Å². The van der Waals surface area contributed by atoms with Crippen molar-refractivity contribution in [2.24, 2.45) is 11.3 Å². The Bertz CT molecular complexity index is 1040. The van der Waals surface area contributed by atoms with Gasteiger partial charge in [0.25, 0.3) is 5.91 Å². The summed E-state index contributed by atoms with van der Waals surface area (Å²) in [7, 11) is 1.60. The van der Waals surface area contributed by atoms with Crippen molar-refractivity contribution in [1.29, 1.82) is 5.26 Å². The zero-order valence-corrected chi connectivity index (χ0v) is 17.6. The molecule has 2 aromatic rings. The van der Waals surface area contributed by atoms with E-state index in [2.05, 4.69) is 4.98 Å². The van der Waals surface area contributed by atoms with Crippen molar-refractivity contribution in [3.63, 3.8) is 0 Å². The van der Waals surface area contributed by atoms with Gasteiger partial charge < -0.3 is 14.5 Å². The molecular formula is C23H23F3N4O2. The molecule has 2 unspecified atom stereocenters. The third-order valence-electron chi connectivity index (χ3n) is 6.51. The van der Waals surface area contributed by atoms with Gasteiger partial charge in [0.15, 0.2) is 0 Å². The molecule has 0 radical (unpaired) electrons. The maximum absolute atomic E-state index is 13.5. The van der Waals surface area contributed by atoms with Gasteiger partial charge in [-0.2, -0.15) is 18.4 Å². The van der Waals surface area contributed by atoms with Crippen molar-refractivity contribution < 1.29 is 22.7 Å². The van der Waals surface area contributed by atoms with Crippen LogP contribution in [0.2, 0.25) is 0 Å². The lowest BCUT2D eigenvalue weighted by Crippen LogP contribution is -2.53. The molecule has 0 N–H and O–H groups in total. The van der Waals surface area contributed by atoms with E-state index in [4.69, 9.17) is 10.00 Å². The minimum Gasteiger partial charge on any atom is -0.384 e. The Morgan fingerprint density at radius 1 is 1.28 bits per heavy atom. The van der Waals surface area contributed by atoms with Crippen molar-refractivity contribution in [1.82, 2.24) is 9.88 Å². The van der Waals surface area contributed by atoms with E-state index >= 15 is 0 Å². The smallest absolute Gasteiger partial charge is 0.384 e. The molecule has 32 heavy (non-hydrogen) atoms. The standard InChI is InChI=1S/C23H23F3N4O2/c1-32-15-22-13-29(21(31)16-4-7-28-8-5-16)9-6-18(22)12-30(14-22)19-3-2-17(11-27)20(10-19)23(24,25)26/h2-5,7-8,10,18H,6,9,12-15H2,1H3. The molecule has 0 aliphatic carbocycles. The number of benzene rings is 1. The van der Waals surface area contributed by atoms with Gasteiger partial charge in [-0.3, -0.25) is 9.78 Å². The summed E-state index contributed by atoms with van der Waals surface area (Å²) in [4.78, 5) is 20.7. The first-order valence-corrected chi connectivity index (χ1v) is 10.3. The molecule has 0 saturated carbocycles. The third-order valence-corrected chi connectivity index (χ3v) is 6.51. The summed E-state index contributed by atoms with van der Waals surface area (Å²) in [5.41, 5.74) is -0.723. The number of carbonyl (C=O) groups is 1. The number of likely N-dealkylation sites (tertiary alicyclic amines) is 1. The van der Waals surface area contributed by atoms with Crippen LogP contribution in [0.25, 0.3) is 0 Å². The average Bonchev–Trinajstić information content (AvgIpc) is 3.17. The summed E-state index contributed by atoms with van der Waals surface area (Å²) < 4.78 is 45.9. The van der Waals surface area contributed by atoms with Gasteiger partial charge in [0.2, 0.25) is 0 Å². The monoisotopic (exact) mass is 444 g/mol. The van der Waals surface area contributed by atoms with Gasteiger partial charge in [0, 0.05) is 62.3 Å². The Labute approximate surface area is 184 Å². The second-order valence-corrected chi connectivity index (χ2v) is 8.46. The number of carbonyl (C=O) groups excluding carboxylic acids is 1. The number of ether oxygens (including phenoxy) is 1. The molecule has 1 amide bonds. The highest BCUT2D eigenvalue weighted by molar-refractivity contribution is 5.94. The van der Waals surface area contributed by atoms with E-state index in [9.17, 15) is 18.0 Å². The van der Waals surface area contributed by atoms with Crippen LogP contribution in [0.3, 0.4) is 0 Å². The number of fused-ring (bicyclic) bond motifs is 1. The van der Waals surface area contributed by atoms with E-state index in [1.165, 1.54) is 6.07 Å². The van der Waals surface area contributed by atoms with Crippen molar-refractivity contribution in [2.45, 2.75) is 12.6 Å². The molecule has 4 rings (SSSR count). The highest BCUT2D eigenvalue weighted by atomic mass is 19.4. The highest BCUT2D eigenvalue weighted by Gasteiger charge is 2.51. The Balaban J connectivity index is 1.61. The van der Waals surface area contributed by atoms with Crippen LogP contribution in [0.15, 0.2) is 42.7 Å². The van der Waals surface area contributed by atoms with Crippen LogP contribution >= 0.6 is 0 Å². The maximum Gasteiger partial charge on any atom is 0.417 e. The number of rotatable bonds is 4. The summed E-state index contributed by atoms with van der Waals surface area (Å²) in [6.45, 7) is 2.48. The molecular weight excluding hydrogens is 421 g/mol. The van der Waals surface area contributed by atoms with Crippen LogP contribution in [0.1, 0.15) is 27.9 Å². The second kappa shape index (κ2) is 8.43. The lowest BCUT2D eigenvalue weighted by molar-refractivity contribution is -0.137. The zero-order valence-electron chi connectivity index (χ0n) is 17.6. The fraction of sp³-hybridized carbons (Fsp3) is 0.435. The Morgan fingerprint density at radius 2 is 2.03 bits per heavy atom. The summed E-state index contributed by atoms with van der Waals surface area (Å²) in [5.74, 6) is 0.0893. The molecule has 0 bridgehead atoms. The number of hydrogen-bond acceptors (Lipinski definition) is 5. The molecule has 6 nitrogen and oxygen atoms in total. The summed E-state index contributed by atoms with van der Waals surface area (Å²) in [6.07, 6.45) is -0.721. The molecule has 2 fully saturated rings. The quantitative estimate of drug-likeness (QED) is 0.721. The number of nitriles is 1. The van der Waals surface area contributed by atoms with Gasteiger partial charge in [-0.25, -0.2) is 0 Å². The molecule has 1 aromatic carbocycles. The summed E-state index contributed by atoms with van der Waals surface area (Å²) in [6, 6.07) is 8.81. The Kier molecular flexibility index (Phi) is 5.82. The first-order chi connectivity index (χ1) is 15.3. The molecule has 2 atom stereocenters. The summed E-state index contributed by atoms with van der Waals surface area (Å²) >= 11 is 0. The first-order valence-electron chi connectivity index (χ1n) is 10.3. The molecule has 3 heterocycles.